The van der Waals surface area contributed by atoms with E-state index in [1.165, 1.54) is 6.21 Å². The summed E-state index contributed by atoms with van der Waals surface area (Å²) in [5.74, 6) is 0. The van der Waals surface area contributed by atoms with E-state index in [1.807, 2.05) is 0 Å². The number of hydrogen-bond acceptors (Lipinski definition) is 4. The highest BCUT2D eigenvalue weighted by Gasteiger charge is 2.02. The Hall–Kier alpha value is -1.55. The Morgan fingerprint density at radius 3 is 2.43 bits per heavy atom. The number of oxime groups is 2. The van der Waals surface area contributed by atoms with E-state index in [0.717, 1.165) is 5.56 Å². The summed E-state index contributed by atoms with van der Waals surface area (Å²) in [4.78, 5) is 0. The fourth-order valence-electron chi connectivity index (χ4n) is 0.986. The predicted octanol–water partition coefficient (Wildman–Crippen LogP) is 2.37. The van der Waals surface area contributed by atoms with Gasteiger partial charge < -0.3 is 10.4 Å². The molecule has 0 aliphatic heterocycles. The first-order chi connectivity index (χ1) is 6.77. The smallest absolute Gasteiger partial charge is 0.0922 e. The van der Waals surface area contributed by atoms with Crippen LogP contribution in [0.25, 0.3) is 0 Å². The first-order valence-corrected chi connectivity index (χ1v) is 4.28. The molecule has 4 nitrogen and oxygen atoms in total. The van der Waals surface area contributed by atoms with Gasteiger partial charge in [-0.1, -0.05) is 28.9 Å². The van der Waals surface area contributed by atoms with Crippen molar-refractivity contribution in [1.29, 1.82) is 0 Å². The van der Waals surface area contributed by atoms with Crippen molar-refractivity contribution in [2.45, 2.75) is 6.42 Å². The Labute approximate surface area is 86.1 Å². The van der Waals surface area contributed by atoms with Crippen LogP contribution in [0.15, 0.2) is 34.6 Å². The Kier molecular flexibility index (Phi) is 3.94. The van der Waals surface area contributed by atoms with Crippen molar-refractivity contribution in [2.75, 3.05) is 0 Å². The summed E-state index contributed by atoms with van der Waals surface area (Å²) < 4.78 is 0. The molecule has 0 aromatic heterocycles. The van der Waals surface area contributed by atoms with Crippen LogP contribution < -0.4 is 0 Å². The van der Waals surface area contributed by atoms with E-state index in [4.69, 9.17) is 22.0 Å². The maximum absolute atomic E-state index is 8.69. The lowest BCUT2D eigenvalue weighted by Gasteiger charge is -2.00. The number of halogens is 1. The van der Waals surface area contributed by atoms with Gasteiger partial charge in [0, 0.05) is 17.7 Å². The lowest BCUT2D eigenvalue weighted by molar-refractivity contribution is 0.317. The third-order valence-corrected chi connectivity index (χ3v) is 1.92. The Morgan fingerprint density at radius 1 is 1.29 bits per heavy atom. The van der Waals surface area contributed by atoms with Gasteiger partial charge in [0.2, 0.25) is 0 Å². The molecule has 1 aromatic rings. The van der Waals surface area contributed by atoms with E-state index in [-0.39, 0.29) is 6.42 Å². The molecule has 0 heterocycles. The van der Waals surface area contributed by atoms with Crippen LogP contribution >= 0.6 is 11.6 Å². The number of nitrogens with zero attached hydrogens (tertiary/aromatic N) is 2. The number of rotatable bonds is 3. The van der Waals surface area contributed by atoms with Crippen LogP contribution in [0.1, 0.15) is 12.0 Å². The Balaban J connectivity index is 2.85. The molecule has 0 spiro atoms. The topological polar surface area (TPSA) is 65.2 Å². The van der Waals surface area contributed by atoms with Crippen molar-refractivity contribution in [2.24, 2.45) is 10.3 Å². The van der Waals surface area contributed by atoms with Gasteiger partial charge in [0.25, 0.3) is 0 Å². The zero-order valence-corrected chi connectivity index (χ0v) is 8.02. The third-order valence-electron chi connectivity index (χ3n) is 1.66. The summed E-state index contributed by atoms with van der Waals surface area (Å²) in [6.07, 6.45) is 1.50. The molecule has 1 rings (SSSR count). The molecule has 74 valence electrons. The highest BCUT2D eigenvalue weighted by Crippen LogP contribution is 2.11. The van der Waals surface area contributed by atoms with Gasteiger partial charge in [0.15, 0.2) is 0 Å². The average Bonchev–Trinajstić information content (AvgIpc) is 2.21. The second-order valence-electron chi connectivity index (χ2n) is 2.56. The zero-order valence-electron chi connectivity index (χ0n) is 7.26. The van der Waals surface area contributed by atoms with Crippen molar-refractivity contribution >= 4 is 23.5 Å². The van der Waals surface area contributed by atoms with Crippen LogP contribution in [0.5, 0.6) is 0 Å². The van der Waals surface area contributed by atoms with E-state index in [2.05, 4.69) is 10.3 Å². The summed E-state index contributed by atoms with van der Waals surface area (Å²) in [5, 5.41) is 23.4. The van der Waals surface area contributed by atoms with Crippen LogP contribution in [-0.2, 0) is 0 Å². The van der Waals surface area contributed by atoms with Gasteiger partial charge >= 0.3 is 0 Å². The van der Waals surface area contributed by atoms with Crippen molar-refractivity contribution in [1.82, 2.24) is 0 Å². The SMILES string of the molecule is O/N=C(/C/C=N/O)c1ccc(Cl)cc1. The molecule has 0 aliphatic carbocycles. The van der Waals surface area contributed by atoms with Crippen LogP contribution in [0.3, 0.4) is 0 Å². The van der Waals surface area contributed by atoms with Crippen LogP contribution in [0.2, 0.25) is 5.02 Å². The lowest BCUT2D eigenvalue weighted by atomic mass is 10.1. The molecule has 1 aromatic carbocycles. The summed E-state index contributed by atoms with van der Waals surface area (Å²) in [7, 11) is 0. The molecule has 0 saturated heterocycles. The maximum atomic E-state index is 8.69. The second-order valence-corrected chi connectivity index (χ2v) is 2.99. The van der Waals surface area contributed by atoms with Crippen molar-refractivity contribution in [3.63, 3.8) is 0 Å². The molecule has 0 aliphatic rings. The van der Waals surface area contributed by atoms with Crippen LogP contribution in [0, 0.1) is 0 Å². The Morgan fingerprint density at radius 2 is 1.93 bits per heavy atom. The van der Waals surface area contributed by atoms with Crippen molar-refractivity contribution in [3.8, 4) is 0 Å². The molecular weight excluding hydrogens is 204 g/mol. The number of benzene rings is 1. The molecule has 0 radical (unpaired) electrons. The van der Waals surface area contributed by atoms with Gasteiger partial charge in [0.05, 0.1) is 5.71 Å². The summed E-state index contributed by atoms with van der Waals surface area (Å²) in [6, 6.07) is 6.83. The average molecular weight is 213 g/mol. The third kappa shape index (κ3) is 2.74. The molecule has 0 saturated carbocycles. The van der Waals surface area contributed by atoms with E-state index in [0.29, 0.717) is 10.7 Å². The van der Waals surface area contributed by atoms with Crippen LogP contribution in [0.4, 0.5) is 0 Å². The molecule has 5 heteroatoms. The minimum Gasteiger partial charge on any atom is -0.411 e. The first kappa shape index (κ1) is 10.5. The van der Waals surface area contributed by atoms with E-state index >= 15 is 0 Å². The molecule has 0 bridgehead atoms. The summed E-state index contributed by atoms with van der Waals surface area (Å²) >= 11 is 5.70. The predicted molar refractivity (Wildman–Crippen MR) is 54.7 cm³/mol. The fraction of sp³-hybridized carbons (Fsp3) is 0.111. The van der Waals surface area contributed by atoms with Gasteiger partial charge in [-0.3, -0.25) is 0 Å². The van der Waals surface area contributed by atoms with E-state index < -0.39 is 0 Å². The zero-order chi connectivity index (χ0) is 10.4. The van der Waals surface area contributed by atoms with Gasteiger partial charge in [-0.25, -0.2) is 0 Å². The van der Waals surface area contributed by atoms with Gasteiger partial charge in [0.1, 0.15) is 0 Å². The second kappa shape index (κ2) is 5.24. The van der Waals surface area contributed by atoms with E-state index in [9.17, 15) is 0 Å². The van der Waals surface area contributed by atoms with Gasteiger partial charge in [-0.05, 0) is 17.7 Å². The van der Waals surface area contributed by atoms with Gasteiger partial charge in [-0.2, -0.15) is 0 Å². The summed E-state index contributed by atoms with van der Waals surface area (Å²) in [6.45, 7) is 0. The molecule has 0 atom stereocenters. The largest absolute Gasteiger partial charge is 0.411 e. The molecule has 0 fully saturated rings. The molecule has 0 unspecified atom stereocenters. The van der Waals surface area contributed by atoms with Crippen molar-refractivity contribution in [3.05, 3.63) is 34.9 Å². The molecule has 0 amide bonds. The highest BCUT2D eigenvalue weighted by atomic mass is 35.5. The van der Waals surface area contributed by atoms with E-state index in [1.54, 1.807) is 24.3 Å². The maximum Gasteiger partial charge on any atom is 0.0922 e. The van der Waals surface area contributed by atoms with Crippen LogP contribution in [-0.4, -0.2) is 22.3 Å². The number of hydrogen-bond donors (Lipinski definition) is 2. The lowest BCUT2D eigenvalue weighted by Crippen LogP contribution is -2.01. The quantitative estimate of drug-likeness (QED) is 0.459. The monoisotopic (exact) mass is 212 g/mol. The first-order valence-electron chi connectivity index (χ1n) is 3.90. The summed E-state index contributed by atoms with van der Waals surface area (Å²) in [5.41, 5.74) is 1.15. The normalized spacial score (nSPS) is 12.2. The standard InChI is InChI=1S/C9H9ClN2O2/c10-8-3-1-7(2-4-8)9(12-14)5-6-11-13/h1-4,6,13-14H,5H2/b11-6+,12-9-. The minimum absolute atomic E-state index is 0.259. The minimum atomic E-state index is 0.259. The Bertz CT molecular complexity index is 346. The fourth-order valence-corrected chi connectivity index (χ4v) is 1.11. The highest BCUT2D eigenvalue weighted by molar-refractivity contribution is 6.30. The molecule has 2 N–H and O–H groups in total. The van der Waals surface area contributed by atoms with Gasteiger partial charge in [-0.15, -0.1) is 5.16 Å². The molecular formula is C9H9ClN2O2. The molecule has 14 heavy (non-hydrogen) atoms. The van der Waals surface area contributed by atoms with Crippen molar-refractivity contribution < 1.29 is 10.4 Å².